The second-order valence-electron chi connectivity index (χ2n) is 6.08. The van der Waals surface area contributed by atoms with Crippen molar-refractivity contribution in [1.29, 1.82) is 0 Å². The van der Waals surface area contributed by atoms with Crippen LogP contribution in [0.25, 0.3) is 0 Å². The van der Waals surface area contributed by atoms with E-state index in [2.05, 4.69) is 21.9 Å². The van der Waals surface area contributed by atoms with Gasteiger partial charge in [-0.2, -0.15) is 0 Å². The first kappa shape index (κ1) is 16.3. The zero-order chi connectivity index (χ0) is 16.2. The van der Waals surface area contributed by atoms with Gasteiger partial charge in [-0.25, -0.2) is 14.8 Å². The van der Waals surface area contributed by atoms with Crippen LogP contribution < -0.4 is 4.74 Å². The van der Waals surface area contributed by atoms with Gasteiger partial charge in [0, 0.05) is 32.7 Å². The molecule has 0 aliphatic carbocycles. The molecule has 1 atom stereocenters. The molecule has 2 saturated heterocycles. The van der Waals surface area contributed by atoms with Crippen LogP contribution in [-0.4, -0.2) is 83.1 Å². The van der Waals surface area contributed by atoms with Gasteiger partial charge in [-0.15, -0.1) is 0 Å². The topological polar surface area (TPSA) is 61.8 Å². The van der Waals surface area contributed by atoms with Crippen LogP contribution in [0.1, 0.15) is 12.8 Å². The molecule has 2 aliphatic heterocycles. The van der Waals surface area contributed by atoms with Crippen molar-refractivity contribution in [2.45, 2.75) is 18.9 Å². The van der Waals surface area contributed by atoms with Crippen molar-refractivity contribution in [2.75, 3.05) is 46.3 Å². The van der Waals surface area contributed by atoms with Gasteiger partial charge in [0.25, 0.3) is 0 Å². The van der Waals surface area contributed by atoms with Gasteiger partial charge in [0.05, 0.1) is 24.0 Å². The molecule has 2 aliphatic rings. The van der Waals surface area contributed by atoms with Crippen molar-refractivity contribution >= 4 is 17.6 Å². The second-order valence-corrected chi connectivity index (χ2v) is 6.52. The van der Waals surface area contributed by atoms with Gasteiger partial charge in [0.2, 0.25) is 0 Å². The van der Waals surface area contributed by atoms with E-state index in [1.54, 1.807) is 0 Å². The number of likely N-dealkylation sites (N-methyl/N-ethyl adjacent to an activating group) is 1. The van der Waals surface area contributed by atoms with E-state index in [9.17, 15) is 4.79 Å². The van der Waals surface area contributed by atoms with Crippen LogP contribution in [0.5, 0.6) is 6.01 Å². The van der Waals surface area contributed by atoms with Crippen molar-refractivity contribution in [3.05, 3.63) is 17.4 Å². The molecule has 7 nitrogen and oxygen atoms in total. The van der Waals surface area contributed by atoms with Crippen LogP contribution in [0.3, 0.4) is 0 Å². The molecule has 126 valence electrons. The van der Waals surface area contributed by atoms with Crippen LogP contribution in [0.2, 0.25) is 5.02 Å². The molecular weight excluding hydrogens is 318 g/mol. The molecule has 3 heterocycles. The lowest BCUT2D eigenvalue weighted by Crippen LogP contribution is -2.54. The average molecular weight is 340 g/mol. The minimum absolute atomic E-state index is 0.0682. The summed E-state index contributed by atoms with van der Waals surface area (Å²) in [5, 5.41) is 0.480. The SMILES string of the molecule is CN1CCN(C(=O)N2CCCC(Oc3ncc(Cl)cn3)C2)CC1. The van der Waals surface area contributed by atoms with E-state index in [-0.39, 0.29) is 12.1 Å². The highest BCUT2D eigenvalue weighted by Crippen LogP contribution is 2.18. The van der Waals surface area contributed by atoms with E-state index < -0.39 is 0 Å². The highest BCUT2D eigenvalue weighted by Gasteiger charge is 2.29. The fraction of sp³-hybridized carbons (Fsp3) is 0.667. The van der Waals surface area contributed by atoms with Crippen LogP contribution in [0.15, 0.2) is 12.4 Å². The number of piperazine rings is 1. The summed E-state index contributed by atoms with van der Waals surface area (Å²) in [4.78, 5) is 26.8. The number of carbonyl (C=O) groups is 1. The smallest absolute Gasteiger partial charge is 0.320 e. The highest BCUT2D eigenvalue weighted by atomic mass is 35.5. The Morgan fingerprint density at radius 3 is 2.57 bits per heavy atom. The fourth-order valence-electron chi connectivity index (χ4n) is 2.92. The van der Waals surface area contributed by atoms with Gasteiger partial charge < -0.3 is 19.4 Å². The van der Waals surface area contributed by atoms with Crippen LogP contribution in [0, 0.1) is 0 Å². The van der Waals surface area contributed by atoms with Gasteiger partial charge in [-0.3, -0.25) is 0 Å². The Labute approximate surface area is 141 Å². The molecular formula is C15H22ClN5O2. The normalized spacial score (nSPS) is 23.0. The Morgan fingerprint density at radius 1 is 1.17 bits per heavy atom. The van der Waals surface area contributed by atoms with E-state index in [4.69, 9.17) is 16.3 Å². The van der Waals surface area contributed by atoms with Crippen molar-refractivity contribution in [2.24, 2.45) is 0 Å². The van der Waals surface area contributed by atoms with Crippen molar-refractivity contribution in [3.8, 4) is 6.01 Å². The lowest BCUT2D eigenvalue weighted by atomic mass is 10.1. The highest BCUT2D eigenvalue weighted by molar-refractivity contribution is 6.30. The first-order valence-electron chi connectivity index (χ1n) is 7.98. The maximum absolute atomic E-state index is 12.6. The summed E-state index contributed by atoms with van der Waals surface area (Å²) in [6.45, 7) is 4.80. The van der Waals surface area contributed by atoms with Crippen molar-refractivity contribution in [1.82, 2.24) is 24.7 Å². The Morgan fingerprint density at radius 2 is 1.87 bits per heavy atom. The molecule has 23 heavy (non-hydrogen) atoms. The van der Waals surface area contributed by atoms with Crippen molar-refractivity contribution in [3.63, 3.8) is 0 Å². The molecule has 0 radical (unpaired) electrons. The Bertz CT molecular complexity index is 533. The number of hydrogen-bond acceptors (Lipinski definition) is 5. The first-order chi connectivity index (χ1) is 11.1. The molecule has 1 unspecified atom stereocenters. The molecule has 8 heteroatoms. The summed E-state index contributed by atoms with van der Waals surface area (Å²) < 4.78 is 5.79. The minimum atomic E-state index is -0.0682. The number of halogens is 1. The molecule has 2 fully saturated rings. The summed E-state index contributed by atoms with van der Waals surface area (Å²) in [6.07, 6.45) is 4.79. The molecule has 0 aromatic carbocycles. The van der Waals surface area contributed by atoms with Crippen LogP contribution in [0.4, 0.5) is 4.79 Å². The number of hydrogen-bond donors (Lipinski definition) is 0. The lowest BCUT2D eigenvalue weighted by molar-refractivity contribution is 0.0708. The molecule has 0 spiro atoms. The molecule has 0 N–H and O–H groups in total. The van der Waals surface area contributed by atoms with Crippen molar-refractivity contribution < 1.29 is 9.53 Å². The van der Waals surface area contributed by atoms with Gasteiger partial charge in [0.15, 0.2) is 0 Å². The monoisotopic (exact) mass is 339 g/mol. The zero-order valence-corrected chi connectivity index (χ0v) is 14.1. The van der Waals surface area contributed by atoms with Crippen LogP contribution in [-0.2, 0) is 0 Å². The first-order valence-corrected chi connectivity index (χ1v) is 8.36. The fourth-order valence-corrected chi connectivity index (χ4v) is 3.01. The van der Waals surface area contributed by atoms with Gasteiger partial charge in [-0.1, -0.05) is 11.6 Å². The molecule has 0 bridgehead atoms. The Hall–Kier alpha value is -1.60. The molecule has 1 aromatic rings. The number of carbonyl (C=O) groups excluding carboxylic acids is 1. The summed E-state index contributed by atoms with van der Waals surface area (Å²) in [6, 6.07) is 0.428. The third kappa shape index (κ3) is 4.23. The number of urea groups is 1. The summed E-state index contributed by atoms with van der Waals surface area (Å²) in [5.74, 6) is 0. The summed E-state index contributed by atoms with van der Waals surface area (Å²) in [5.41, 5.74) is 0. The standard InChI is InChI=1S/C15H22ClN5O2/c1-19-5-7-20(8-6-19)15(22)21-4-2-3-13(11-21)23-14-17-9-12(16)10-18-14/h9-10,13H,2-8,11H2,1H3. The minimum Gasteiger partial charge on any atom is -0.458 e. The number of ether oxygens (including phenoxy) is 1. The van der Waals surface area contributed by atoms with E-state index in [0.717, 1.165) is 45.6 Å². The quantitative estimate of drug-likeness (QED) is 0.813. The zero-order valence-electron chi connectivity index (χ0n) is 13.3. The molecule has 0 saturated carbocycles. The Balaban J connectivity index is 1.55. The average Bonchev–Trinajstić information content (AvgIpc) is 2.57. The predicted molar refractivity (Wildman–Crippen MR) is 86.7 cm³/mol. The number of nitrogens with zero attached hydrogens (tertiary/aromatic N) is 5. The van der Waals surface area contributed by atoms with E-state index in [1.807, 2.05) is 9.80 Å². The number of rotatable bonds is 2. The number of piperidine rings is 1. The van der Waals surface area contributed by atoms with E-state index in [1.165, 1.54) is 12.4 Å². The van der Waals surface area contributed by atoms with E-state index >= 15 is 0 Å². The third-order valence-corrected chi connectivity index (χ3v) is 4.49. The second kappa shape index (κ2) is 7.31. The third-order valence-electron chi connectivity index (χ3n) is 4.29. The van der Waals surface area contributed by atoms with Gasteiger partial charge in [0.1, 0.15) is 6.10 Å². The molecule has 1 aromatic heterocycles. The van der Waals surface area contributed by atoms with Gasteiger partial charge >= 0.3 is 12.0 Å². The van der Waals surface area contributed by atoms with Crippen LogP contribution >= 0.6 is 11.6 Å². The van der Waals surface area contributed by atoms with E-state index in [0.29, 0.717) is 17.6 Å². The number of aromatic nitrogens is 2. The summed E-state index contributed by atoms with van der Waals surface area (Å²) >= 11 is 5.77. The number of amides is 2. The predicted octanol–water partition coefficient (Wildman–Crippen LogP) is 1.34. The summed E-state index contributed by atoms with van der Waals surface area (Å²) in [7, 11) is 2.08. The lowest BCUT2D eigenvalue weighted by Gasteiger charge is -2.39. The number of likely N-dealkylation sites (tertiary alicyclic amines) is 1. The Kier molecular flexibility index (Phi) is 5.17. The maximum Gasteiger partial charge on any atom is 0.320 e. The van der Waals surface area contributed by atoms with Gasteiger partial charge in [-0.05, 0) is 19.9 Å². The molecule has 3 rings (SSSR count). The maximum atomic E-state index is 12.6. The largest absolute Gasteiger partial charge is 0.458 e. The molecule has 2 amide bonds.